The van der Waals surface area contributed by atoms with Gasteiger partial charge in [0.2, 0.25) is 0 Å². The van der Waals surface area contributed by atoms with Crippen LogP contribution in [0.1, 0.15) is 40.0 Å². The molecule has 0 spiro atoms. The molecule has 2 aliphatic rings. The summed E-state index contributed by atoms with van der Waals surface area (Å²) in [5.74, 6) is -0.0527. The fraction of sp³-hybridized carbons (Fsp3) is 0.923. The zero-order chi connectivity index (χ0) is 12.5. The normalized spacial score (nSPS) is 33.1. The zero-order valence-corrected chi connectivity index (χ0v) is 11.2. The maximum atomic E-state index is 12.3. The van der Waals surface area contributed by atoms with Crippen molar-refractivity contribution in [1.29, 1.82) is 0 Å². The molecule has 98 valence electrons. The number of esters is 1. The topological polar surface area (TPSA) is 41.6 Å². The van der Waals surface area contributed by atoms with Crippen molar-refractivity contribution in [2.24, 2.45) is 0 Å². The molecule has 2 saturated heterocycles. The molecule has 17 heavy (non-hydrogen) atoms. The maximum absolute atomic E-state index is 12.3. The van der Waals surface area contributed by atoms with Crippen molar-refractivity contribution in [2.45, 2.75) is 57.7 Å². The van der Waals surface area contributed by atoms with Crippen LogP contribution in [0.3, 0.4) is 0 Å². The van der Waals surface area contributed by atoms with E-state index < -0.39 is 5.54 Å². The third-order valence-corrected chi connectivity index (χ3v) is 3.91. The summed E-state index contributed by atoms with van der Waals surface area (Å²) in [6.45, 7) is 8.68. The van der Waals surface area contributed by atoms with E-state index in [0.29, 0.717) is 18.7 Å². The van der Waals surface area contributed by atoms with Gasteiger partial charge in [-0.05, 0) is 46.6 Å². The molecule has 2 fully saturated rings. The lowest BCUT2D eigenvalue weighted by molar-refractivity contribution is -0.152. The number of rotatable bonds is 4. The zero-order valence-electron chi connectivity index (χ0n) is 11.2. The van der Waals surface area contributed by atoms with Crippen molar-refractivity contribution in [3.63, 3.8) is 0 Å². The molecule has 2 heterocycles. The van der Waals surface area contributed by atoms with E-state index in [1.165, 1.54) is 6.42 Å². The minimum atomic E-state index is -0.458. The summed E-state index contributed by atoms with van der Waals surface area (Å²) in [5, 5.41) is 3.50. The smallest absolute Gasteiger partial charge is 0.328 e. The first kappa shape index (κ1) is 12.8. The molecule has 0 aromatic rings. The highest BCUT2D eigenvalue weighted by atomic mass is 16.5. The Labute approximate surface area is 104 Å². The van der Waals surface area contributed by atoms with Crippen molar-refractivity contribution >= 4 is 5.97 Å². The molecule has 0 saturated carbocycles. The molecule has 2 aliphatic heterocycles. The van der Waals surface area contributed by atoms with Crippen LogP contribution < -0.4 is 5.32 Å². The quantitative estimate of drug-likeness (QED) is 0.749. The minimum Gasteiger partial charge on any atom is -0.465 e. The summed E-state index contributed by atoms with van der Waals surface area (Å²) < 4.78 is 5.31. The van der Waals surface area contributed by atoms with E-state index in [2.05, 4.69) is 24.1 Å². The average Bonchev–Trinajstić information content (AvgIpc) is 2.82. The predicted molar refractivity (Wildman–Crippen MR) is 66.8 cm³/mol. The summed E-state index contributed by atoms with van der Waals surface area (Å²) in [4.78, 5) is 14.8. The van der Waals surface area contributed by atoms with Crippen LogP contribution in [0.25, 0.3) is 0 Å². The van der Waals surface area contributed by atoms with Crippen LogP contribution in [0.4, 0.5) is 0 Å². The lowest BCUT2D eigenvalue weighted by atomic mass is 9.87. The van der Waals surface area contributed by atoms with E-state index >= 15 is 0 Å². The minimum absolute atomic E-state index is 0.0527. The summed E-state index contributed by atoms with van der Waals surface area (Å²) in [6.07, 6.45) is 3.19. The van der Waals surface area contributed by atoms with Crippen molar-refractivity contribution in [3.05, 3.63) is 0 Å². The molecule has 0 bridgehead atoms. The van der Waals surface area contributed by atoms with Crippen molar-refractivity contribution < 1.29 is 9.53 Å². The van der Waals surface area contributed by atoms with Crippen molar-refractivity contribution in [2.75, 3.05) is 19.7 Å². The highest BCUT2D eigenvalue weighted by Crippen LogP contribution is 2.37. The fourth-order valence-electron chi connectivity index (χ4n) is 3.38. The number of fused-ring (bicyclic) bond motifs is 1. The third-order valence-electron chi connectivity index (χ3n) is 3.91. The van der Waals surface area contributed by atoms with Crippen LogP contribution in [-0.2, 0) is 9.53 Å². The molecule has 4 nitrogen and oxygen atoms in total. The molecular weight excluding hydrogens is 216 g/mol. The maximum Gasteiger partial charge on any atom is 0.328 e. The van der Waals surface area contributed by atoms with Crippen LogP contribution in [0.5, 0.6) is 0 Å². The van der Waals surface area contributed by atoms with Gasteiger partial charge in [0.25, 0.3) is 0 Å². The predicted octanol–water partition coefficient (Wildman–Crippen LogP) is 1.15. The average molecular weight is 240 g/mol. The second-order valence-corrected chi connectivity index (χ2v) is 5.43. The van der Waals surface area contributed by atoms with E-state index in [-0.39, 0.29) is 5.97 Å². The Balaban J connectivity index is 2.20. The largest absolute Gasteiger partial charge is 0.465 e. The third kappa shape index (κ3) is 2.20. The van der Waals surface area contributed by atoms with Gasteiger partial charge in [0.15, 0.2) is 0 Å². The molecule has 4 heteroatoms. The second kappa shape index (κ2) is 4.94. The van der Waals surface area contributed by atoms with Crippen LogP contribution in [0.15, 0.2) is 0 Å². The standard InChI is InChI=1S/C13H24N2O2/c1-4-17-12(16)13(14-10(2)3)7-9-15-8-5-6-11(13)15/h10-11,14H,4-9H2,1-3H3. The summed E-state index contributed by atoms with van der Waals surface area (Å²) >= 11 is 0. The lowest BCUT2D eigenvalue weighted by Gasteiger charge is -2.35. The summed E-state index contributed by atoms with van der Waals surface area (Å²) in [6, 6.07) is 0.643. The van der Waals surface area contributed by atoms with Crippen LogP contribution >= 0.6 is 0 Å². The van der Waals surface area contributed by atoms with Gasteiger partial charge >= 0.3 is 5.97 Å². The van der Waals surface area contributed by atoms with Gasteiger partial charge in [-0.3, -0.25) is 10.2 Å². The first-order valence-electron chi connectivity index (χ1n) is 6.79. The van der Waals surface area contributed by atoms with Crippen LogP contribution in [0, 0.1) is 0 Å². The highest BCUT2D eigenvalue weighted by molar-refractivity contribution is 5.82. The number of carbonyl (C=O) groups excluding carboxylic acids is 1. The van der Waals surface area contributed by atoms with Gasteiger partial charge in [0.1, 0.15) is 5.54 Å². The molecule has 1 N–H and O–H groups in total. The van der Waals surface area contributed by atoms with E-state index in [0.717, 1.165) is 25.9 Å². The van der Waals surface area contributed by atoms with E-state index in [1.807, 2.05) is 6.92 Å². The molecule has 2 atom stereocenters. The molecule has 0 aromatic heterocycles. The van der Waals surface area contributed by atoms with Gasteiger partial charge in [-0.15, -0.1) is 0 Å². The molecular formula is C13H24N2O2. The lowest BCUT2D eigenvalue weighted by Crippen LogP contribution is -2.61. The van der Waals surface area contributed by atoms with Gasteiger partial charge < -0.3 is 4.74 Å². The Bertz CT molecular complexity index is 293. The molecule has 0 aromatic carbocycles. The van der Waals surface area contributed by atoms with Crippen molar-refractivity contribution in [3.8, 4) is 0 Å². The number of hydrogen-bond donors (Lipinski definition) is 1. The van der Waals surface area contributed by atoms with Gasteiger partial charge in [-0.25, -0.2) is 4.79 Å². The van der Waals surface area contributed by atoms with E-state index in [4.69, 9.17) is 4.74 Å². The van der Waals surface area contributed by atoms with E-state index in [1.54, 1.807) is 0 Å². The van der Waals surface area contributed by atoms with Crippen LogP contribution in [-0.4, -0.2) is 48.2 Å². The van der Waals surface area contributed by atoms with Crippen LogP contribution in [0.2, 0.25) is 0 Å². The summed E-state index contributed by atoms with van der Waals surface area (Å²) in [7, 11) is 0. The number of nitrogens with one attached hydrogen (secondary N) is 1. The molecule has 2 unspecified atom stereocenters. The molecule has 0 amide bonds. The number of nitrogens with zero attached hydrogens (tertiary/aromatic N) is 1. The van der Waals surface area contributed by atoms with E-state index in [9.17, 15) is 4.79 Å². The second-order valence-electron chi connectivity index (χ2n) is 5.43. The molecule has 0 aliphatic carbocycles. The number of hydrogen-bond acceptors (Lipinski definition) is 4. The Hall–Kier alpha value is -0.610. The number of ether oxygens (including phenoxy) is 1. The number of carbonyl (C=O) groups is 1. The SMILES string of the molecule is CCOC(=O)C1(NC(C)C)CCN2CCCC21. The summed E-state index contributed by atoms with van der Waals surface area (Å²) in [5.41, 5.74) is -0.458. The van der Waals surface area contributed by atoms with Gasteiger partial charge in [-0.2, -0.15) is 0 Å². The van der Waals surface area contributed by atoms with Gasteiger partial charge in [-0.1, -0.05) is 0 Å². The fourth-order valence-corrected chi connectivity index (χ4v) is 3.38. The molecule has 0 radical (unpaired) electrons. The Morgan fingerprint density at radius 2 is 2.29 bits per heavy atom. The Morgan fingerprint density at radius 3 is 2.94 bits per heavy atom. The monoisotopic (exact) mass is 240 g/mol. The van der Waals surface area contributed by atoms with Gasteiger partial charge in [0.05, 0.1) is 6.61 Å². The Kier molecular flexibility index (Phi) is 3.73. The Morgan fingerprint density at radius 1 is 1.53 bits per heavy atom. The molecule has 2 rings (SSSR count). The van der Waals surface area contributed by atoms with Crippen molar-refractivity contribution in [1.82, 2.24) is 10.2 Å². The van der Waals surface area contributed by atoms with Gasteiger partial charge in [0, 0.05) is 18.6 Å². The first-order valence-corrected chi connectivity index (χ1v) is 6.79. The first-order chi connectivity index (χ1) is 8.10. The highest BCUT2D eigenvalue weighted by Gasteiger charge is 2.55.